The fraction of sp³-hybridized carbons (Fsp3) is 0.150. The molecule has 0 atom stereocenters. The highest BCUT2D eigenvalue weighted by atomic mass is 35.5. The standard InChI is InChI=1S/C20H18ClN5S/c1-14-18(12-25(2)24-14)19-22-23-20(26(19)17-6-4-3-5-7-17)27-13-15-8-10-16(21)11-9-15/h3-12H,13H2,1-2H3. The first kappa shape index (κ1) is 17.8. The number of aryl methyl sites for hydroxylation is 2. The van der Waals surface area contributed by atoms with Crippen molar-refractivity contribution in [1.82, 2.24) is 24.5 Å². The zero-order chi connectivity index (χ0) is 18.8. The minimum Gasteiger partial charge on any atom is -0.275 e. The molecular formula is C20H18ClN5S. The Labute approximate surface area is 167 Å². The monoisotopic (exact) mass is 395 g/mol. The molecule has 0 amide bonds. The molecule has 2 aromatic carbocycles. The molecule has 0 fully saturated rings. The van der Waals surface area contributed by atoms with Crippen LogP contribution in [0.1, 0.15) is 11.3 Å². The Morgan fingerprint density at radius 2 is 1.74 bits per heavy atom. The van der Waals surface area contributed by atoms with E-state index in [9.17, 15) is 0 Å². The summed E-state index contributed by atoms with van der Waals surface area (Å²) in [7, 11) is 1.91. The van der Waals surface area contributed by atoms with Crippen LogP contribution in [0, 0.1) is 6.92 Å². The number of nitrogens with zero attached hydrogens (tertiary/aromatic N) is 5. The molecule has 4 aromatic rings. The van der Waals surface area contributed by atoms with Crippen molar-refractivity contribution >= 4 is 23.4 Å². The molecule has 136 valence electrons. The molecule has 2 heterocycles. The molecule has 27 heavy (non-hydrogen) atoms. The Hall–Kier alpha value is -2.57. The van der Waals surface area contributed by atoms with Gasteiger partial charge in [0.25, 0.3) is 0 Å². The topological polar surface area (TPSA) is 48.5 Å². The van der Waals surface area contributed by atoms with E-state index in [1.54, 1.807) is 16.4 Å². The largest absolute Gasteiger partial charge is 0.275 e. The summed E-state index contributed by atoms with van der Waals surface area (Å²) < 4.78 is 3.89. The lowest BCUT2D eigenvalue weighted by molar-refractivity contribution is 0.756. The molecule has 0 aliphatic heterocycles. The maximum atomic E-state index is 5.98. The van der Waals surface area contributed by atoms with Gasteiger partial charge in [-0.3, -0.25) is 9.25 Å². The van der Waals surface area contributed by atoms with Gasteiger partial charge in [0.2, 0.25) is 0 Å². The van der Waals surface area contributed by atoms with E-state index in [2.05, 4.69) is 32.0 Å². The van der Waals surface area contributed by atoms with Crippen molar-refractivity contribution in [2.24, 2.45) is 7.05 Å². The molecule has 0 N–H and O–H groups in total. The average molecular weight is 396 g/mol. The van der Waals surface area contributed by atoms with Crippen LogP contribution in [0.15, 0.2) is 66.0 Å². The average Bonchev–Trinajstić information content (AvgIpc) is 3.24. The summed E-state index contributed by atoms with van der Waals surface area (Å²) in [6, 6.07) is 18.0. The molecule has 5 nitrogen and oxygen atoms in total. The molecule has 0 unspecified atom stereocenters. The number of hydrogen-bond donors (Lipinski definition) is 0. The Kier molecular flexibility index (Phi) is 5.01. The van der Waals surface area contributed by atoms with Gasteiger partial charge in [-0.05, 0) is 36.8 Å². The van der Waals surface area contributed by atoms with Gasteiger partial charge in [0, 0.05) is 29.7 Å². The fourth-order valence-corrected chi connectivity index (χ4v) is 3.93. The lowest BCUT2D eigenvalue weighted by Crippen LogP contribution is -2.00. The van der Waals surface area contributed by atoms with E-state index in [1.165, 1.54) is 5.56 Å². The van der Waals surface area contributed by atoms with Gasteiger partial charge in [-0.15, -0.1) is 10.2 Å². The zero-order valence-electron chi connectivity index (χ0n) is 15.0. The van der Waals surface area contributed by atoms with E-state index in [0.29, 0.717) is 0 Å². The van der Waals surface area contributed by atoms with Crippen LogP contribution < -0.4 is 0 Å². The summed E-state index contributed by atoms with van der Waals surface area (Å²) in [6.07, 6.45) is 1.98. The number of aromatic nitrogens is 5. The highest BCUT2D eigenvalue weighted by Crippen LogP contribution is 2.30. The van der Waals surface area contributed by atoms with Crippen molar-refractivity contribution in [2.75, 3.05) is 0 Å². The maximum Gasteiger partial charge on any atom is 0.196 e. The summed E-state index contributed by atoms with van der Waals surface area (Å²) in [5.41, 5.74) is 4.12. The molecule has 0 radical (unpaired) electrons. The lowest BCUT2D eigenvalue weighted by Gasteiger charge is -2.10. The zero-order valence-corrected chi connectivity index (χ0v) is 16.6. The van der Waals surface area contributed by atoms with Crippen LogP contribution in [0.2, 0.25) is 5.02 Å². The van der Waals surface area contributed by atoms with Crippen molar-refractivity contribution in [1.29, 1.82) is 0 Å². The second-order valence-corrected chi connectivity index (χ2v) is 7.57. The number of benzene rings is 2. The van der Waals surface area contributed by atoms with E-state index in [-0.39, 0.29) is 0 Å². The molecule has 4 rings (SSSR count). The number of halogens is 1. The second-order valence-electron chi connectivity index (χ2n) is 6.19. The van der Waals surface area contributed by atoms with Gasteiger partial charge in [-0.25, -0.2) is 0 Å². The van der Waals surface area contributed by atoms with Crippen LogP contribution in [-0.4, -0.2) is 24.5 Å². The van der Waals surface area contributed by atoms with E-state index >= 15 is 0 Å². The first-order valence-electron chi connectivity index (χ1n) is 8.50. The van der Waals surface area contributed by atoms with Crippen molar-refractivity contribution in [3.63, 3.8) is 0 Å². The highest BCUT2D eigenvalue weighted by Gasteiger charge is 2.19. The number of hydrogen-bond acceptors (Lipinski definition) is 4. The third-order valence-corrected chi connectivity index (χ3v) is 5.44. The van der Waals surface area contributed by atoms with Crippen molar-refractivity contribution < 1.29 is 0 Å². The molecule has 0 aliphatic carbocycles. The summed E-state index contributed by atoms with van der Waals surface area (Å²) in [6.45, 7) is 1.99. The molecule has 0 bridgehead atoms. The lowest BCUT2D eigenvalue weighted by atomic mass is 10.2. The first-order chi connectivity index (χ1) is 13.1. The predicted octanol–water partition coefficient (Wildman–Crippen LogP) is 4.92. The Bertz CT molecular complexity index is 1050. The Balaban J connectivity index is 1.73. The van der Waals surface area contributed by atoms with Gasteiger partial charge in [0.15, 0.2) is 11.0 Å². The number of thioether (sulfide) groups is 1. The van der Waals surface area contributed by atoms with Crippen LogP contribution in [-0.2, 0) is 12.8 Å². The van der Waals surface area contributed by atoms with Crippen LogP contribution in [0.5, 0.6) is 0 Å². The SMILES string of the molecule is Cc1nn(C)cc1-c1nnc(SCc2ccc(Cl)cc2)n1-c1ccccc1. The molecule has 7 heteroatoms. The van der Waals surface area contributed by atoms with Gasteiger partial charge in [0.05, 0.1) is 11.3 Å². The molecule has 0 aliphatic rings. The van der Waals surface area contributed by atoms with Crippen molar-refractivity contribution in [2.45, 2.75) is 17.8 Å². The Morgan fingerprint density at radius 1 is 1.00 bits per heavy atom. The smallest absolute Gasteiger partial charge is 0.196 e. The predicted molar refractivity (Wildman–Crippen MR) is 109 cm³/mol. The van der Waals surface area contributed by atoms with Crippen molar-refractivity contribution in [3.8, 4) is 17.1 Å². The third kappa shape index (κ3) is 3.77. The second kappa shape index (κ2) is 7.58. The highest BCUT2D eigenvalue weighted by molar-refractivity contribution is 7.98. The van der Waals surface area contributed by atoms with Crippen LogP contribution in [0.25, 0.3) is 17.1 Å². The summed E-state index contributed by atoms with van der Waals surface area (Å²) in [5.74, 6) is 1.58. The normalized spacial score (nSPS) is 11.1. The van der Waals surface area contributed by atoms with Crippen LogP contribution >= 0.6 is 23.4 Å². The van der Waals surface area contributed by atoms with Crippen molar-refractivity contribution in [3.05, 3.63) is 77.1 Å². The molecule has 2 aromatic heterocycles. The number of rotatable bonds is 5. The van der Waals surface area contributed by atoms with Gasteiger partial charge in [0.1, 0.15) is 0 Å². The van der Waals surface area contributed by atoms with E-state index < -0.39 is 0 Å². The Morgan fingerprint density at radius 3 is 2.41 bits per heavy atom. The summed E-state index contributed by atoms with van der Waals surface area (Å²) in [4.78, 5) is 0. The summed E-state index contributed by atoms with van der Waals surface area (Å²) in [5, 5.41) is 15.0. The molecule has 0 saturated heterocycles. The minimum absolute atomic E-state index is 0.741. The van der Waals surface area contributed by atoms with Gasteiger partial charge in [-0.1, -0.05) is 53.7 Å². The first-order valence-corrected chi connectivity index (χ1v) is 9.87. The van der Waals surface area contributed by atoms with Gasteiger partial charge < -0.3 is 0 Å². The van der Waals surface area contributed by atoms with Gasteiger partial charge in [-0.2, -0.15) is 5.10 Å². The molecule has 0 spiro atoms. The third-order valence-electron chi connectivity index (χ3n) is 4.18. The molecule has 0 saturated carbocycles. The van der Waals surface area contributed by atoms with Crippen LogP contribution in [0.3, 0.4) is 0 Å². The van der Waals surface area contributed by atoms with E-state index in [1.807, 2.05) is 62.6 Å². The summed E-state index contributed by atoms with van der Waals surface area (Å²) >= 11 is 7.63. The van der Waals surface area contributed by atoms with Crippen LogP contribution in [0.4, 0.5) is 0 Å². The maximum absolute atomic E-state index is 5.98. The van der Waals surface area contributed by atoms with E-state index in [0.717, 1.165) is 38.7 Å². The minimum atomic E-state index is 0.741. The quantitative estimate of drug-likeness (QED) is 0.450. The number of para-hydroxylation sites is 1. The van der Waals surface area contributed by atoms with E-state index in [4.69, 9.17) is 11.6 Å². The molecular weight excluding hydrogens is 378 g/mol. The fourth-order valence-electron chi connectivity index (χ4n) is 2.90. The van der Waals surface area contributed by atoms with Gasteiger partial charge >= 0.3 is 0 Å².